The Balaban J connectivity index is 1.82. The number of hydrogen-bond acceptors (Lipinski definition) is 3. The molecule has 1 aliphatic carbocycles. The summed E-state index contributed by atoms with van der Waals surface area (Å²) in [4.78, 5) is 4.85. The minimum absolute atomic E-state index is 0.137. The molecule has 0 spiro atoms. The number of nitrogens with two attached hydrogens (primary N) is 2. The van der Waals surface area contributed by atoms with E-state index in [0.717, 1.165) is 37.7 Å². The summed E-state index contributed by atoms with van der Waals surface area (Å²) < 4.78 is 0. The Hall–Kier alpha value is -1.45. The third-order valence-corrected chi connectivity index (χ3v) is 4.80. The molecule has 22 heavy (non-hydrogen) atoms. The van der Waals surface area contributed by atoms with Crippen molar-refractivity contribution in [2.75, 3.05) is 6.54 Å². The second-order valence-electron chi connectivity index (χ2n) is 6.42. The van der Waals surface area contributed by atoms with Crippen molar-refractivity contribution < 1.29 is 0 Å². The SMILES string of the molecule is NCCCCCCC(N)c1c2c(nc3ccccc13)CCC2. The molecule has 3 heteroatoms. The van der Waals surface area contributed by atoms with E-state index in [4.69, 9.17) is 16.5 Å². The number of rotatable bonds is 7. The average molecular weight is 297 g/mol. The van der Waals surface area contributed by atoms with Gasteiger partial charge in [0.2, 0.25) is 0 Å². The highest BCUT2D eigenvalue weighted by atomic mass is 14.7. The van der Waals surface area contributed by atoms with Crippen molar-refractivity contribution in [1.82, 2.24) is 4.98 Å². The summed E-state index contributed by atoms with van der Waals surface area (Å²) in [5.74, 6) is 0. The fraction of sp³-hybridized carbons (Fsp3) is 0.526. The highest BCUT2D eigenvalue weighted by Crippen LogP contribution is 2.34. The molecular weight excluding hydrogens is 270 g/mol. The Kier molecular flexibility index (Phi) is 5.06. The predicted octanol–water partition coefficient (Wildman–Crippen LogP) is 3.63. The number of hydrogen-bond donors (Lipinski definition) is 2. The normalized spacial score (nSPS) is 15.2. The molecule has 1 aromatic heterocycles. The molecule has 2 aromatic rings. The van der Waals surface area contributed by atoms with E-state index in [1.807, 2.05) is 0 Å². The first-order chi connectivity index (χ1) is 10.8. The first kappa shape index (κ1) is 15.4. The zero-order valence-electron chi connectivity index (χ0n) is 13.4. The minimum atomic E-state index is 0.137. The van der Waals surface area contributed by atoms with E-state index in [1.165, 1.54) is 47.9 Å². The molecule has 4 N–H and O–H groups in total. The van der Waals surface area contributed by atoms with Gasteiger partial charge in [0.1, 0.15) is 0 Å². The van der Waals surface area contributed by atoms with Crippen LogP contribution in [0.2, 0.25) is 0 Å². The van der Waals surface area contributed by atoms with E-state index in [2.05, 4.69) is 24.3 Å². The smallest absolute Gasteiger partial charge is 0.0708 e. The second-order valence-corrected chi connectivity index (χ2v) is 6.42. The highest BCUT2D eigenvalue weighted by Gasteiger charge is 2.22. The van der Waals surface area contributed by atoms with Gasteiger partial charge in [-0.3, -0.25) is 4.98 Å². The number of para-hydroxylation sites is 1. The van der Waals surface area contributed by atoms with E-state index in [-0.39, 0.29) is 6.04 Å². The van der Waals surface area contributed by atoms with E-state index in [9.17, 15) is 0 Å². The lowest BCUT2D eigenvalue weighted by atomic mass is 9.92. The molecule has 0 amide bonds. The molecule has 0 radical (unpaired) electrons. The molecule has 3 nitrogen and oxygen atoms in total. The summed E-state index contributed by atoms with van der Waals surface area (Å²) in [5.41, 5.74) is 17.4. The zero-order chi connectivity index (χ0) is 15.4. The van der Waals surface area contributed by atoms with E-state index >= 15 is 0 Å². The third kappa shape index (κ3) is 3.16. The van der Waals surface area contributed by atoms with Gasteiger partial charge in [-0.05, 0) is 55.8 Å². The van der Waals surface area contributed by atoms with Gasteiger partial charge < -0.3 is 11.5 Å². The summed E-state index contributed by atoms with van der Waals surface area (Å²) in [6.45, 7) is 0.800. The molecule has 1 aromatic carbocycles. The average Bonchev–Trinajstić information content (AvgIpc) is 2.99. The molecule has 0 saturated heterocycles. The van der Waals surface area contributed by atoms with Crippen LogP contribution in [0.3, 0.4) is 0 Å². The lowest BCUT2D eigenvalue weighted by Gasteiger charge is -2.19. The largest absolute Gasteiger partial charge is 0.330 e. The van der Waals surface area contributed by atoms with Crippen molar-refractivity contribution in [2.24, 2.45) is 11.5 Å². The standard InChI is InChI=1S/C19H27N3/c20-13-6-2-1-3-10-16(21)19-14-8-4-5-11-17(14)22-18-12-7-9-15(18)19/h4-5,8,11,16H,1-3,6-7,9-10,12-13,20-21H2. The van der Waals surface area contributed by atoms with Crippen molar-refractivity contribution >= 4 is 10.9 Å². The zero-order valence-corrected chi connectivity index (χ0v) is 13.4. The molecule has 3 rings (SSSR count). The third-order valence-electron chi connectivity index (χ3n) is 4.80. The number of pyridine rings is 1. The number of unbranched alkanes of at least 4 members (excludes halogenated alkanes) is 3. The van der Waals surface area contributed by atoms with Gasteiger partial charge in [0, 0.05) is 17.1 Å². The summed E-state index contributed by atoms with van der Waals surface area (Å²) in [7, 11) is 0. The van der Waals surface area contributed by atoms with Crippen molar-refractivity contribution in [1.29, 1.82) is 0 Å². The van der Waals surface area contributed by atoms with Gasteiger partial charge in [-0.2, -0.15) is 0 Å². The summed E-state index contributed by atoms with van der Waals surface area (Å²) in [6, 6.07) is 8.61. The van der Waals surface area contributed by atoms with Crippen LogP contribution in [-0.2, 0) is 12.8 Å². The van der Waals surface area contributed by atoms with Gasteiger partial charge >= 0.3 is 0 Å². The van der Waals surface area contributed by atoms with Gasteiger partial charge in [-0.1, -0.05) is 37.5 Å². The van der Waals surface area contributed by atoms with Gasteiger partial charge in [0.15, 0.2) is 0 Å². The number of aromatic nitrogens is 1. The van der Waals surface area contributed by atoms with Crippen LogP contribution < -0.4 is 11.5 Å². The van der Waals surface area contributed by atoms with Gasteiger partial charge in [0.25, 0.3) is 0 Å². The molecule has 118 valence electrons. The van der Waals surface area contributed by atoms with Crippen LogP contribution in [-0.4, -0.2) is 11.5 Å². The molecule has 0 fully saturated rings. The second kappa shape index (κ2) is 7.21. The lowest BCUT2D eigenvalue weighted by molar-refractivity contribution is 0.560. The topological polar surface area (TPSA) is 64.9 Å². The number of nitrogens with zero attached hydrogens (tertiary/aromatic N) is 1. The number of fused-ring (bicyclic) bond motifs is 2. The van der Waals surface area contributed by atoms with Crippen LogP contribution in [0.4, 0.5) is 0 Å². The van der Waals surface area contributed by atoms with E-state index < -0.39 is 0 Å². The van der Waals surface area contributed by atoms with E-state index in [0.29, 0.717) is 0 Å². The Morgan fingerprint density at radius 3 is 2.73 bits per heavy atom. The fourth-order valence-electron chi connectivity index (χ4n) is 3.68. The highest BCUT2D eigenvalue weighted by molar-refractivity contribution is 5.84. The van der Waals surface area contributed by atoms with Gasteiger partial charge in [0.05, 0.1) is 5.52 Å². The molecule has 1 unspecified atom stereocenters. The van der Waals surface area contributed by atoms with Crippen LogP contribution in [0.1, 0.15) is 61.4 Å². The van der Waals surface area contributed by atoms with E-state index in [1.54, 1.807) is 0 Å². The number of benzene rings is 1. The monoisotopic (exact) mass is 297 g/mol. The Morgan fingerprint density at radius 2 is 1.86 bits per heavy atom. The van der Waals surface area contributed by atoms with Crippen LogP contribution in [0.15, 0.2) is 24.3 Å². The first-order valence-corrected chi connectivity index (χ1v) is 8.67. The van der Waals surface area contributed by atoms with Crippen molar-refractivity contribution in [2.45, 2.75) is 57.4 Å². The van der Waals surface area contributed by atoms with Crippen molar-refractivity contribution in [3.05, 3.63) is 41.1 Å². The maximum Gasteiger partial charge on any atom is 0.0708 e. The molecule has 1 atom stereocenters. The number of aryl methyl sites for hydroxylation is 1. The summed E-state index contributed by atoms with van der Waals surface area (Å²) in [6.07, 6.45) is 9.30. The molecular formula is C19H27N3. The maximum atomic E-state index is 6.60. The molecule has 0 saturated carbocycles. The molecule has 0 bridgehead atoms. The first-order valence-electron chi connectivity index (χ1n) is 8.67. The minimum Gasteiger partial charge on any atom is -0.330 e. The van der Waals surface area contributed by atoms with Crippen LogP contribution in [0.25, 0.3) is 10.9 Å². The Morgan fingerprint density at radius 1 is 1.05 bits per heavy atom. The molecule has 1 aliphatic rings. The maximum absolute atomic E-state index is 6.60. The lowest BCUT2D eigenvalue weighted by Crippen LogP contribution is -2.14. The van der Waals surface area contributed by atoms with Crippen LogP contribution >= 0.6 is 0 Å². The van der Waals surface area contributed by atoms with Crippen molar-refractivity contribution in [3.63, 3.8) is 0 Å². The van der Waals surface area contributed by atoms with Crippen molar-refractivity contribution in [3.8, 4) is 0 Å². The summed E-state index contributed by atoms with van der Waals surface area (Å²) in [5, 5.41) is 1.26. The molecule has 1 heterocycles. The predicted molar refractivity (Wildman–Crippen MR) is 92.8 cm³/mol. The van der Waals surface area contributed by atoms with Crippen LogP contribution in [0.5, 0.6) is 0 Å². The summed E-state index contributed by atoms with van der Waals surface area (Å²) >= 11 is 0. The van der Waals surface area contributed by atoms with Gasteiger partial charge in [-0.25, -0.2) is 0 Å². The van der Waals surface area contributed by atoms with Crippen LogP contribution in [0, 0.1) is 0 Å². The quantitative estimate of drug-likeness (QED) is 0.767. The Labute approximate surface area is 133 Å². The Bertz CT molecular complexity index is 636. The molecule has 0 aliphatic heterocycles. The van der Waals surface area contributed by atoms with Gasteiger partial charge in [-0.15, -0.1) is 0 Å². The fourth-order valence-corrected chi connectivity index (χ4v) is 3.68.